The summed E-state index contributed by atoms with van der Waals surface area (Å²) in [6.07, 6.45) is 3.49. The Morgan fingerprint density at radius 3 is 2.76 bits per heavy atom. The average Bonchev–Trinajstić information content (AvgIpc) is 3.15. The smallest absolute Gasteiger partial charge is 0.292 e. The van der Waals surface area contributed by atoms with Crippen molar-refractivity contribution in [3.63, 3.8) is 0 Å². The second-order valence-electron chi connectivity index (χ2n) is 7.30. The van der Waals surface area contributed by atoms with E-state index in [0.29, 0.717) is 41.3 Å². The van der Waals surface area contributed by atoms with Crippen molar-refractivity contribution in [1.82, 2.24) is 10.4 Å². The van der Waals surface area contributed by atoms with Crippen molar-refractivity contribution < 1.29 is 18.9 Å². The van der Waals surface area contributed by atoms with Gasteiger partial charge < -0.3 is 9.73 Å². The summed E-state index contributed by atoms with van der Waals surface area (Å²) in [4.78, 5) is 39.7. The normalized spacial score (nSPS) is 13.9. The molecule has 168 valence electrons. The van der Waals surface area contributed by atoms with Gasteiger partial charge in [0.15, 0.2) is 5.76 Å². The highest BCUT2D eigenvalue weighted by Crippen LogP contribution is 2.30. The number of carbonyl (C=O) groups is 2. The maximum absolute atomic E-state index is 12.7. The number of rotatable bonds is 5. The number of pyridine rings is 1. The number of nitro benzene ring substituents is 1. The Kier molecular flexibility index (Phi) is 6.18. The van der Waals surface area contributed by atoms with E-state index in [1.54, 1.807) is 31.3 Å². The van der Waals surface area contributed by atoms with Gasteiger partial charge in [-0.3, -0.25) is 19.7 Å². The zero-order valence-electron chi connectivity index (χ0n) is 17.4. The monoisotopic (exact) mass is 467 g/mol. The molecule has 10 nitrogen and oxygen atoms in total. The molecule has 0 radical (unpaired) electrons. The van der Waals surface area contributed by atoms with E-state index < -0.39 is 16.7 Å². The van der Waals surface area contributed by atoms with Gasteiger partial charge in [-0.1, -0.05) is 17.7 Å². The summed E-state index contributed by atoms with van der Waals surface area (Å²) in [6, 6.07) is 8.91. The molecule has 0 saturated carbocycles. The van der Waals surface area contributed by atoms with Gasteiger partial charge >= 0.3 is 0 Å². The van der Waals surface area contributed by atoms with Gasteiger partial charge in [-0.25, -0.2) is 10.4 Å². The summed E-state index contributed by atoms with van der Waals surface area (Å²) >= 11 is 5.80. The van der Waals surface area contributed by atoms with E-state index in [1.807, 2.05) is 0 Å². The highest BCUT2D eigenvalue weighted by molar-refractivity contribution is 6.32. The van der Waals surface area contributed by atoms with Gasteiger partial charge in [0, 0.05) is 35.4 Å². The summed E-state index contributed by atoms with van der Waals surface area (Å²) in [6.45, 7) is 1.75. The quantitative estimate of drug-likeness (QED) is 0.424. The molecule has 4 rings (SSSR count). The molecule has 2 amide bonds. The first-order valence-electron chi connectivity index (χ1n) is 10.0. The Balaban J connectivity index is 1.57. The number of carbonyl (C=O) groups excluding carboxylic acids is 2. The van der Waals surface area contributed by atoms with Crippen molar-refractivity contribution in [2.45, 2.75) is 26.2 Å². The first-order valence-corrected chi connectivity index (χ1v) is 10.4. The third-order valence-corrected chi connectivity index (χ3v) is 5.46. The van der Waals surface area contributed by atoms with E-state index in [1.165, 1.54) is 12.1 Å². The summed E-state index contributed by atoms with van der Waals surface area (Å²) in [5.74, 6) is 0.107. The molecule has 0 unspecified atom stereocenters. The number of hydrogen-bond acceptors (Lipinski definition) is 7. The average molecular weight is 468 g/mol. The maximum Gasteiger partial charge on any atom is 0.292 e. The zero-order valence-corrected chi connectivity index (χ0v) is 18.2. The number of nitrogens with zero attached hydrogens (tertiary/aromatic N) is 3. The van der Waals surface area contributed by atoms with E-state index in [2.05, 4.69) is 20.8 Å². The summed E-state index contributed by atoms with van der Waals surface area (Å²) in [7, 11) is 0. The zero-order chi connectivity index (χ0) is 23.5. The minimum atomic E-state index is -0.662. The molecule has 0 atom stereocenters. The number of benzene rings is 1. The number of furan rings is 1. The first kappa shape index (κ1) is 22.2. The first-order chi connectivity index (χ1) is 15.8. The lowest BCUT2D eigenvalue weighted by atomic mass is 9.93. The van der Waals surface area contributed by atoms with Gasteiger partial charge in [-0.2, -0.15) is 5.10 Å². The summed E-state index contributed by atoms with van der Waals surface area (Å²) in [5.41, 5.74) is 3.95. The molecule has 0 saturated heterocycles. The Labute approximate surface area is 192 Å². The fourth-order valence-corrected chi connectivity index (χ4v) is 3.77. The van der Waals surface area contributed by atoms with Gasteiger partial charge in [0.05, 0.1) is 10.6 Å². The van der Waals surface area contributed by atoms with Gasteiger partial charge in [-0.15, -0.1) is 0 Å². The van der Waals surface area contributed by atoms with Crippen LogP contribution in [-0.4, -0.2) is 27.4 Å². The van der Waals surface area contributed by atoms with Crippen molar-refractivity contribution in [2.75, 3.05) is 5.32 Å². The molecule has 1 aliphatic carbocycles. The van der Waals surface area contributed by atoms with E-state index in [0.717, 1.165) is 12.5 Å². The van der Waals surface area contributed by atoms with Crippen LogP contribution in [0, 0.1) is 17.0 Å². The molecule has 2 N–H and O–H groups in total. The fraction of sp³-hybridized carbons (Fsp3) is 0.182. The van der Waals surface area contributed by atoms with Crippen LogP contribution in [0.4, 0.5) is 11.5 Å². The van der Waals surface area contributed by atoms with Crippen LogP contribution >= 0.6 is 11.6 Å². The number of hydrazone groups is 1. The second kappa shape index (κ2) is 9.21. The summed E-state index contributed by atoms with van der Waals surface area (Å²) in [5, 5.41) is 17.9. The topological polar surface area (TPSA) is 140 Å². The van der Waals surface area contributed by atoms with Crippen LogP contribution in [0.5, 0.6) is 0 Å². The van der Waals surface area contributed by atoms with E-state index in [9.17, 15) is 19.7 Å². The number of anilines is 1. The molecule has 0 spiro atoms. The standard InChI is InChI=1S/C22H18ClN5O5/c1-12-19-15(26-27-21(29)13-8-9-14(23)16(11-13)28(31)32)5-4-6-17(19)33-20(12)22(30)25-18-7-2-3-10-24-18/h2-3,7-11H,4-6H2,1H3,(H,27,29)(H,24,25,30)/b26-15+. The SMILES string of the molecule is Cc1c(C(=O)Nc2ccccn2)oc2c1/C(=N/NC(=O)c1ccc(Cl)c([N+](=O)[O-])c1)CCC2. The van der Waals surface area contributed by atoms with Crippen LogP contribution in [0.2, 0.25) is 5.02 Å². The fourth-order valence-electron chi connectivity index (χ4n) is 3.58. The molecule has 1 aliphatic rings. The summed E-state index contributed by atoms with van der Waals surface area (Å²) < 4.78 is 5.82. The maximum atomic E-state index is 12.7. The number of hydrogen-bond donors (Lipinski definition) is 2. The van der Waals surface area contributed by atoms with Crippen molar-refractivity contribution in [3.05, 3.63) is 85.9 Å². The van der Waals surface area contributed by atoms with Crippen LogP contribution in [0.25, 0.3) is 0 Å². The lowest BCUT2D eigenvalue weighted by molar-refractivity contribution is -0.384. The predicted octanol–water partition coefficient (Wildman–Crippen LogP) is 4.27. The highest BCUT2D eigenvalue weighted by Gasteiger charge is 2.28. The van der Waals surface area contributed by atoms with Crippen LogP contribution < -0.4 is 10.7 Å². The number of nitrogens with one attached hydrogen (secondary N) is 2. The molecule has 11 heteroatoms. The number of amides is 2. The van der Waals surface area contributed by atoms with Crippen LogP contribution in [0.1, 0.15) is 50.6 Å². The molecule has 1 aromatic carbocycles. The molecule has 0 bridgehead atoms. The van der Waals surface area contributed by atoms with Crippen LogP contribution in [-0.2, 0) is 6.42 Å². The van der Waals surface area contributed by atoms with Gasteiger partial charge in [0.1, 0.15) is 16.6 Å². The van der Waals surface area contributed by atoms with Crippen molar-refractivity contribution in [3.8, 4) is 0 Å². The highest BCUT2D eigenvalue weighted by atomic mass is 35.5. The molecule has 2 heterocycles. The van der Waals surface area contributed by atoms with E-state index >= 15 is 0 Å². The number of fused-ring (bicyclic) bond motifs is 1. The Bertz CT molecular complexity index is 1290. The van der Waals surface area contributed by atoms with Gasteiger partial charge in [0.2, 0.25) is 0 Å². The van der Waals surface area contributed by atoms with Crippen molar-refractivity contribution >= 4 is 40.6 Å². The third kappa shape index (κ3) is 4.60. The molecule has 33 heavy (non-hydrogen) atoms. The number of aromatic nitrogens is 1. The van der Waals surface area contributed by atoms with E-state index in [-0.39, 0.29) is 22.0 Å². The molecule has 2 aromatic heterocycles. The second-order valence-corrected chi connectivity index (χ2v) is 7.71. The Morgan fingerprint density at radius 2 is 2.03 bits per heavy atom. The van der Waals surface area contributed by atoms with Gasteiger partial charge in [-0.05, 0) is 44.0 Å². The largest absolute Gasteiger partial charge is 0.455 e. The number of nitro groups is 1. The lowest BCUT2D eigenvalue weighted by Gasteiger charge is -2.13. The third-order valence-electron chi connectivity index (χ3n) is 5.14. The van der Waals surface area contributed by atoms with Crippen LogP contribution in [0.3, 0.4) is 0 Å². The van der Waals surface area contributed by atoms with Crippen molar-refractivity contribution in [1.29, 1.82) is 0 Å². The predicted molar refractivity (Wildman–Crippen MR) is 121 cm³/mol. The Hall–Kier alpha value is -4.05. The molecular weight excluding hydrogens is 450 g/mol. The van der Waals surface area contributed by atoms with Gasteiger partial charge in [0.25, 0.3) is 17.5 Å². The number of halogens is 1. The lowest BCUT2D eigenvalue weighted by Crippen LogP contribution is -2.22. The molecule has 0 aliphatic heterocycles. The van der Waals surface area contributed by atoms with Crippen molar-refractivity contribution in [2.24, 2.45) is 5.10 Å². The van der Waals surface area contributed by atoms with E-state index in [4.69, 9.17) is 16.0 Å². The molecular formula is C22H18ClN5O5. The number of aryl methyl sites for hydroxylation is 1. The minimum absolute atomic E-state index is 0.0471. The molecule has 0 fully saturated rings. The van der Waals surface area contributed by atoms with Crippen LogP contribution in [0.15, 0.2) is 52.1 Å². The molecule has 3 aromatic rings. The minimum Gasteiger partial charge on any atom is -0.455 e. The Morgan fingerprint density at radius 1 is 1.21 bits per heavy atom.